The predicted octanol–water partition coefficient (Wildman–Crippen LogP) is -0.750. The van der Waals surface area contributed by atoms with Crippen LogP contribution in [0.4, 0.5) is 11.5 Å². The number of hydrogen-bond acceptors (Lipinski definition) is 6. The molecule has 0 saturated heterocycles. The summed E-state index contributed by atoms with van der Waals surface area (Å²) in [6, 6.07) is 0. The Balaban J connectivity index is 2.91. The predicted molar refractivity (Wildman–Crippen MR) is 60.3 cm³/mol. The Hall–Kier alpha value is -2.05. The van der Waals surface area contributed by atoms with Crippen molar-refractivity contribution in [2.75, 3.05) is 38.4 Å². The number of ether oxygens (including phenoxy) is 1. The first-order valence-corrected chi connectivity index (χ1v) is 4.66. The zero-order valence-electron chi connectivity index (χ0n) is 9.52. The van der Waals surface area contributed by atoms with Crippen LogP contribution in [0.25, 0.3) is 0 Å². The van der Waals surface area contributed by atoms with Gasteiger partial charge in [0.25, 0.3) is 0 Å². The number of likely N-dealkylation sites (N-methyl/N-ethyl adjacent to an activating group) is 2. The lowest BCUT2D eigenvalue weighted by Crippen LogP contribution is -2.33. The molecule has 0 aliphatic carbocycles. The lowest BCUT2D eigenvalue weighted by molar-refractivity contribution is -0.119. The van der Waals surface area contributed by atoms with Crippen LogP contribution in [0, 0.1) is 0 Å². The molecule has 88 valence electrons. The Morgan fingerprint density at radius 2 is 2.31 bits per heavy atom. The number of anilines is 2. The number of nitrogens with one attached hydrogen (secondary N) is 1. The van der Waals surface area contributed by atoms with Crippen molar-refractivity contribution in [1.82, 2.24) is 15.3 Å². The van der Waals surface area contributed by atoms with Crippen molar-refractivity contribution in [2.24, 2.45) is 0 Å². The fraction of sp³-hybridized carbons (Fsp3) is 0.444. The zero-order chi connectivity index (χ0) is 12.1. The third kappa shape index (κ3) is 2.50. The van der Waals surface area contributed by atoms with E-state index in [-0.39, 0.29) is 12.5 Å². The van der Waals surface area contributed by atoms with Crippen molar-refractivity contribution in [3.05, 3.63) is 6.33 Å². The number of aromatic nitrogens is 2. The van der Waals surface area contributed by atoms with Gasteiger partial charge in [0.15, 0.2) is 5.82 Å². The number of carbonyl (C=O) groups excluding carboxylic acids is 1. The summed E-state index contributed by atoms with van der Waals surface area (Å²) >= 11 is 0. The molecule has 1 rings (SSSR count). The summed E-state index contributed by atoms with van der Waals surface area (Å²) in [5, 5.41) is 2.52. The summed E-state index contributed by atoms with van der Waals surface area (Å²) in [7, 11) is 4.76. The van der Waals surface area contributed by atoms with Gasteiger partial charge in [-0.3, -0.25) is 4.79 Å². The number of hydrogen-bond donors (Lipinski definition) is 2. The molecule has 0 spiro atoms. The Labute approximate surface area is 93.6 Å². The molecule has 3 N–H and O–H groups in total. The maximum absolute atomic E-state index is 11.2. The van der Waals surface area contributed by atoms with Crippen molar-refractivity contribution in [2.45, 2.75) is 0 Å². The van der Waals surface area contributed by atoms with E-state index in [4.69, 9.17) is 10.5 Å². The number of nitrogen functional groups attached to an aromatic ring is 1. The molecule has 0 radical (unpaired) electrons. The number of nitrogens with zero attached hydrogens (tertiary/aromatic N) is 3. The Kier molecular flexibility index (Phi) is 3.87. The van der Waals surface area contributed by atoms with Crippen LogP contribution in [0.3, 0.4) is 0 Å². The highest BCUT2D eigenvalue weighted by molar-refractivity contribution is 5.82. The minimum Gasteiger partial charge on any atom is -0.479 e. The van der Waals surface area contributed by atoms with Gasteiger partial charge >= 0.3 is 0 Å². The highest BCUT2D eigenvalue weighted by Gasteiger charge is 2.14. The van der Waals surface area contributed by atoms with Gasteiger partial charge < -0.3 is 20.7 Å². The molecule has 1 amide bonds. The number of nitrogens with two attached hydrogens (primary N) is 1. The first-order valence-electron chi connectivity index (χ1n) is 4.66. The first kappa shape index (κ1) is 12.0. The van der Waals surface area contributed by atoms with Crippen molar-refractivity contribution >= 4 is 17.4 Å². The van der Waals surface area contributed by atoms with E-state index in [2.05, 4.69) is 15.3 Å². The van der Waals surface area contributed by atoms with E-state index in [1.807, 2.05) is 0 Å². The molecule has 1 aromatic rings. The van der Waals surface area contributed by atoms with Gasteiger partial charge in [-0.2, -0.15) is 4.98 Å². The molecular formula is C9H15N5O2. The summed E-state index contributed by atoms with van der Waals surface area (Å²) < 4.78 is 4.96. The van der Waals surface area contributed by atoms with Crippen LogP contribution >= 0.6 is 0 Å². The molecule has 0 bridgehead atoms. The molecule has 0 fully saturated rings. The summed E-state index contributed by atoms with van der Waals surface area (Å²) in [5.41, 5.74) is 6.10. The second-order valence-corrected chi connectivity index (χ2v) is 3.15. The first-order chi connectivity index (χ1) is 7.60. The third-order valence-corrected chi connectivity index (χ3v) is 2.04. The number of methoxy groups -OCH3 is 1. The molecule has 0 atom stereocenters. The molecule has 16 heavy (non-hydrogen) atoms. The van der Waals surface area contributed by atoms with E-state index >= 15 is 0 Å². The Bertz CT molecular complexity index is 382. The van der Waals surface area contributed by atoms with Crippen LogP contribution in [0.2, 0.25) is 0 Å². The number of amides is 1. The maximum atomic E-state index is 11.2. The lowest BCUT2D eigenvalue weighted by atomic mass is 10.4. The van der Waals surface area contributed by atoms with Crippen LogP contribution in [0.1, 0.15) is 0 Å². The maximum Gasteiger partial charge on any atom is 0.242 e. The minimum atomic E-state index is -0.125. The van der Waals surface area contributed by atoms with Gasteiger partial charge in [0.2, 0.25) is 11.8 Å². The van der Waals surface area contributed by atoms with Gasteiger partial charge in [0.1, 0.15) is 12.0 Å². The average Bonchev–Trinajstić information content (AvgIpc) is 2.29. The van der Waals surface area contributed by atoms with Crippen LogP contribution in [-0.2, 0) is 4.79 Å². The zero-order valence-corrected chi connectivity index (χ0v) is 9.52. The molecule has 0 unspecified atom stereocenters. The van der Waals surface area contributed by atoms with Gasteiger partial charge in [-0.1, -0.05) is 0 Å². The smallest absolute Gasteiger partial charge is 0.242 e. The Morgan fingerprint density at radius 3 is 2.88 bits per heavy atom. The normalized spacial score (nSPS) is 9.69. The van der Waals surface area contributed by atoms with E-state index in [1.54, 1.807) is 19.0 Å². The largest absolute Gasteiger partial charge is 0.479 e. The van der Waals surface area contributed by atoms with E-state index in [0.29, 0.717) is 17.4 Å². The molecular weight excluding hydrogens is 210 g/mol. The molecule has 7 nitrogen and oxygen atoms in total. The van der Waals surface area contributed by atoms with Gasteiger partial charge in [-0.05, 0) is 0 Å². The van der Waals surface area contributed by atoms with Crippen molar-refractivity contribution in [1.29, 1.82) is 0 Å². The SMILES string of the molecule is CNC(=O)CN(C)c1ncnc(OC)c1N. The molecule has 1 aromatic heterocycles. The Morgan fingerprint density at radius 1 is 1.62 bits per heavy atom. The molecule has 7 heteroatoms. The second kappa shape index (κ2) is 5.15. The highest BCUT2D eigenvalue weighted by Crippen LogP contribution is 2.26. The minimum absolute atomic E-state index is 0.125. The topological polar surface area (TPSA) is 93.4 Å². The van der Waals surface area contributed by atoms with Crippen LogP contribution in [0.5, 0.6) is 5.88 Å². The van der Waals surface area contributed by atoms with E-state index in [1.165, 1.54) is 13.4 Å². The van der Waals surface area contributed by atoms with Crippen molar-refractivity contribution in [3.8, 4) is 5.88 Å². The fourth-order valence-corrected chi connectivity index (χ4v) is 1.21. The van der Waals surface area contributed by atoms with Gasteiger partial charge in [0, 0.05) is 14.1 Å². The van der Waals surface area contributed by atoms with E-state index < -0.39 is 0 Å². The van der Waals surface area contributed by atoms with E-state index in [0.717, 1.165) is 0 Å². The molecule has 1 heterocycles. The van der Waals surface area contributed by atoms with Gasteiger partial charge in [0.05, 0.1) is 13.7 Å². The van der Waals surface area contributed by atoms with Crippen LogP contribution < -0.4 is 20.7 Å². The molecule has 0 aliphatic heterocycles. The number of rotatable bonds is 4. The lowest BCUT2D eigenvalue weighted by Gasteiger charge is -2.19. The van der Waals surface area contributed by atoms with Gasteiger partial charge in [-0.25, -0.2) is 4.98 Å². The fourth-order valence-electron chi connectivity index (χ4n) is 1.21. The van der Waals surface area contributed by atoms with Crippen molar-refractivity contribution < 1.29 is 9.53 Å². The third-order valence-electron chi connectivity index (χ3n) is 2.04. The summed E-state index contributed by atoms with van der Waals surface area (Å²) in [4.78, 5) is 20.7. The molecule has 0 aromatic carbocycles. The quantitative estimate of drug-likeness (QED) is 0.700. The van der Waals surface area contributed by atoms with Crippen LogP contribution in [-0.4, -0.2) is 43.6 Å². The molecule has 0 aliphatic rings. The summed E-state index contributed by atoms with van der Waals surface area (Å²) in [6.07, 6.45) is 1.34. The van der Waals surface area contributed by atoms with E-state index in [9.17, 15) is 4.79 Å². The summed E-state index contributed by atoms with van der Waals surface area (Å²) in [5.74, 6) is 0.642. The van der Waals surface area contributed by atoms with Crippen LogP contribution in [0.15, 0.2) is 6.33 Å². The number of carbonyl (C=O) groups is 1. The monoisotopic (exact) mass is 225 g/mol. The summed E-state index contributed by atoms with van der Waals surface area (Å²) in [6.45, 7) is 0.168. The molecule has 0 saturated carbocycles. The second-order valence-electron chi connectivity index (χ2n) is 3.15. The average molecular weight is 225 g/mol. The van der Waals surface area contributed by atoms with Crippen molar-refractivity contribution in [3.63, 3.8) is 0 Å². The highest BCUT2D eigenvalue weighted by atomic mass is 16.5. The van der Waals surface area contributed by atoms with Gasteiger partial charge in [-0.15, -0.1) is 0 Å². The standard InChI is InChI=1S/C9H15N5O2/c1-11-6(15)4-14(2)8-7(10)9(16-3)13-5-12-8/h5H,4,10H2,1-3H3,(H,11,15).